The summed E-state index contributed by atoms with van der Waals surface area (Å²) in [6.07, 6.45) is -0.192. The Bertz CT molecular complexity index is 944. The number of ether oxygens (including phenoxy) is 3. The zero-order valence-corrected chi connectivity index (χ0v) is 14.0. The highest BCUT2D eigenvalue weighted by atomic mass is 19.1. The van der Waals surface area contributed by atoms with Gasteiger partial charge in [0.25, 0.3) is 5.75 Å². The van der Waals surface area contributed by atoms with Gasteiger partial charge in [0, 0.05) is 6.07 Å². The van der Waals surface area contributed by atoms with E-state index in [0.717, 1.165) is 0 Å². The SMILES string of the molecule is COc1ccc2c(OC(C)C)c(Oc3ccc(F)cc3)c(=O)oc2c1. The van der Waals surface area contributed by atoms with E-state index < -0.39 is 11.4 Å². The van der Waals surface area contributed by atoms with E-state index in [-0.39, 0.29) is 17.6 Å². The molecule has 0 radical (unpaired) electrons. The fourth-order valence-electron chi connectivity index (χ4n) is 2.32. The minimum atomic E-state index is -0.694. The van der Waals surface area contributed by atoms with Crippen LogP contribution in [-0.2, 0) is 0 Å². The Balaban J connectivity index is 2.16. The molecule has 0 amide bonds. The number of fused-ring (bicyclic) bond motifs is 1. The van der Waals surface area contributed by atoms with Crippen LogP contribution in [0, 0.1) is 5.82 Å². The maximum absolute atomic E-state index is 13.1. The predicted octanol–water partition coefficient (Wildman–Crippen LogP) is 4.52. The predicted molar refractivity (Wildman–Crippen MR) is 91.3 cm³/mol. The summed E-state index contributed by atoms with van der Waals surface area (Å²) in [4.78, 5) is 12.4. The molecule has 0 saturated carbocycles. The molecule has 25 heavy (non-hydrogen) atoms. The highest BCUT2D eigenvalue weighted by Gasteiger charge is 2.20. The lowest BCUT2D eigenvalue weighted by molar-refractivity contribution is 0.233. The molecule has 0 spiro atoms. The molecule has 0 aliphatic carbocycles. The van der Waals surface area contributed by atoms with Crippen molar-refractivity contribution in [3.05, 3.63) is 58.7 Å². The Morgan fingerprint density at radius 1 is 1.00 bits per heavy atom. The van der Waals surface area contributed by atoms with Crippen molar-refractivity contribution in [1.29, 1.82) is 0 Å². The van der Waals surface area contributed by atoms with Crippen LogP contribution in [0.5, 0.6) is 23.0 Å². The average Bonchev–Trinajstić information content (AvgIpc) is 2.58. The zero-order chi connectivity index (χ0) is 18.0. The van der Waals surface area contributed by atoms with Crippen molar-refractivity contribution in [2.45, 2.75) is 20.0 Å². The second-order valence-corrected chi connectivity index (χ2v) is 5.63. The summed E-state index contributed by atoms with van der Waals surface area (Å²) in [5.41, 5.74) is -0.368. The lowest BCUT2D eigenvalue weighted by atomic mass is 10.2. The third kappa shape index (κ3) is 3.57. The van der Waals surface area contributed by atoms with Crippen molar-refractivity contribution in [1.82, 2.24) is 0 Å². The molecule has 2 aromatic carbocycles. The first-order valence-electron chi connectivity index (χ1n) is 7.73. The molecular formula is C19H17FO5. The van der Waals surface area contributed by atoms with E-state index in [9.17, 15) is 9.18 Å². The van der Waals surface area contributed by atoms with Crippen LogP contribution in [0.2, 0.25) is 0 Å². The monoisotopic (exact) mass is 344 g/mol. The lowest BCUT2D eigenvalue weighted by Crippen LogP contribution is -2.12. The van der Waals surface area contributed by atoms with Gasteiger partial charge in [-0.25, -0.2) is 9.18 Å². The second kappa shape index (κ2) is 6.84. The molecule has 0 unspecified atom stereocenters. The van der Waals surface area contributed by atoms with Gasteiger partial charge < -0.3 is 18.6 Å². The minimum absolute atomic E-state index is 0.0852. The van der Waals surface area contributed by atoms with Crippen LogP contribution >= 0.6 is 0 Å². The first-order valence-corrected chi connectivity index (χ1v) is 7.73. The van der Waals surface area contributed by atoms with Crippen molar-refractivity contribution < 1.29 is 23.0 Å². The summed E-state index contributed by atoms with van der Waals surface area (Å²) < 4.78 is 35.0. The molecule has 0 aliphatic heterocycles. The molecule has 0 bridgehead atoms. The molecule has 130 valence electrons. The Labute approximate surface area is 143 Å². The number of benzene rings is 2. The smallest absolute Gasteiger partial charge is 0.383 e. The summed E-state index contributed by atoms with van der Waals surface area (Å²) in [6, 6.07) is 10.4. The van der Waals surface area contributed by atoms with Gasteiger partial charge >= 0.3 is 5.63 Å². The summed E-state index contributed by atoms with van der Waals surface area (Å²) in [5, 5.41) is 0.575. The fourth-order valence-corrected chi connectivity index (χ4v) is 2.32. The van der Waals surface area contributed by atoms with Crippen LogP contribution in [-0.4, -0.2) is 13.2 Å². The van der Waals surface area contributed by atoms with Crippen LogP contribution in [0.1, 0.15) is 13.8 Å². The number of rotatable bonds is 5. The molecule has 1 aromatic heterocycles. The van der Waals surface area contributed by atoms with Gasteiger partial charge in [-0.05, 0) is 50.2 Å². The van der Waals surface area contributed by atoms with Crippen molar-refractivity contribution in [3.8, 4) is 23.0 Å². The quantitative estimate of drug-likeness (QED) is 0.637. The van der Waals surface area contributed by atoms with Gasteiger partial charge in [0.05, 0.1) is 18.6 Å². The van der Waals surface area contributed by atoms with Crippen LogP contribution < -0.4 is 19.8 Å². The van der Waals surface area contributed by atoms with Crippen molar-refractivity contribution in [2.75, 3.05) is 7.11 Å². The maximum Gasteiger partial charge on any atom is 0.383 e. The van der Waals surface area contributed by atoms with Gasteiger partial charge in [0.1, 0.15) is 22.9 Å². The van der Waals surface area contributed by atoms with Crippen LogP contribution in [0.25, 0.3) is 11.0 Å². The van der Waals surface area contributed by atoms with Gasteiger partial charge in [-0.3, -0.25) is 0 Å². The molecule has 0 fully saturated rings. The summed E-state index contributed by atoms with van der Waals surface area (Å²) >= 11 is 0. The number of hydrogen-bond acceptors (Lipinski definition) is 5. The number of halogens is 1. The molecule has 0 N–H and O–H groups in total. The zero-order valence-electron chi connectivity index (χ0n) is 14.0. The van der Waals surface area contributed by atoms with Gasteiger partial charge in [-0.1, -0.05) is 0 Å². The molecule has 0 aliphatic rings. The van der Waals surface area contributed by atoms with Crippen LogP contribution in [0.4, 0.5) is 4.39 Å². The van der Waals surface area contributed by atoms with E-state index in [2.05, 4.69) is 0 Å². The van der Waals surface area contributed by atoms with E-state index in [1.165, 1.54) is 31.4 Å². The maximum atomic E-state index is 13.1. The Hall–Kier alpha value is -3.02. The normalized spacial score (nSPS) is 10.9. The molecular weight excluding hydrogens is 327 g/mol. The van der Waals surface area contributed by atoms with E-state index in [4.69, 9.17) is 18.6 Å². The molecule has 3 rings (SSSR count). The standard InChI is InChI=1S/C19H17FO5/c1-11(2)23-17-15-9-8-14(22-3)10-16(15)25-19(21)18(17)24-13-6-4-12(20)5-7-13/h4-11H,1-3H3. The highest BCUT2D eigenvalue weighted by Crippen LogP contribution is 2.37. The van der Waals surface area contributed by atoms with Crippen LogP contribution in [0.3, 0.4) is 0 Å². The fraction of sp³-hybridized carbons (Fsp3) is 0.211. The average molecular weight is 344 g/mol. The third-order valence-corrected chi connectivity index (χ3v) is 3.41. The lowest BCUT2D eigenvalue weighted by Gasteiger charge is -2.16. The molecule has 3 aromatic rings. The molecule has 5 nitrogen and oxygen atoms in total. The van der Waals surface area contributed by atoms with Gasteiger partial charge in [-0.15, -0.1) is 0 Å². The Morgan fingerprint density at radius 2 is 1.68 bits per heavy atom. The van der Waals surface area contributed by atoms with Crippen molar-refractivity contribution >= 4 is 11.0 Å². The molecule has 0 saturated heterocycles. The molecule has 6 heteroatoms. The Kier molecular flexibility index (Phi) is 4.61. The highest BCUT2D eigenvalue weighted by molar-refractivity contribution is 5.86. The number of hydrogen-bond donors (Lipinski definition) is 0. The summed E-state index contributed by atoms with van der Waals surface area (Å²) in [6.45, 7) is 3.68. The Morgan fingerprint density at radius 3 is 2.32 bits per heavy atom. The topological polar surface area (TPSA) is 57.9 Å². The third-order valence-electron chi connectivity index (χ3n) is 3.41. The van der Waals surface area contributed by atoms with Gasteiger partial charge in [-0.2, -0.15) is 0 Å². The molecule has 1 heterocycles. The van der Waals surface area contributed by atoms with E-state index >= 15 is 0 Å². The van der Waals surface area contributed by atoms with E-state index in [1.807, 2.05) is 13.8 Å². The minimum Gasteiger partial charge on any atom is -0.497 e. The van der Waals surface area contributed by atoms with Crippen LogP contribution in [0.15, 0.2) is 51.7 Å². The van der Waals surface area contributed by atoms with Gasteiger partial charge in [0.15, 0.2) is 5.75 Å². The first-order chi connectivity index (χ1) is 12.0. The summed E-state index contributed by atoms with van der Waals surface area (Å²) in [5.74, 6) is 0.642. The van der Waals surface area contributed by atoms with Gasteiger partial charge in [0.2, 0.25) is 0 Å². The van der Waals surface area contributed by atoms with E-state index in [1.54, 1.807) is 18.2 Å². The van der Waals surface area contributed by atoms with Crippen molar-refractivity contribution in [3.63, 3.8) is 0 Å². The number of methoxy groups -OCH3 is 1. The largest absolute Gasteiger partial charge is 0.497 e. The van der Waals surface area contributed by atoms with Crippen molar-refractivity contribution in [2.24, 2.45) is 0 Å². The summed E-state index contributed by atoms with van der Waals surface area (Å²) in [7, 11) is 1.52. The van der Waals surface area contributed by atoms with E-state index in [0.29, 0.717) is 22.5 Å². The molecule has 0 atom stereocenters. The second-order valence-electron chi connectivity index (χ2n) is 5.63. The first kappa shape index (κ1) is 16.8.